The molecule has 0 spiro atoms. The van der Waals surface area contributed by atoms with Crippen LogP contribution < -0.4 is 19.5 Å². The first-order chi connectivity index (χ1) is 13.3. The summed E-state index contributed by atoms with van der Waals surface area (Å²) in [5.74, 6) is 1.75. The van der Waals surface area contributed by atoms with Crippen LogP contribution in [0.15, 0.2) is 41.8 Å². The van der Waals surface area contributed by atoms with Gasteiger partial charge in [-0.2, -0.15) is 0 Å². The van der Waals surface area contributed by atoms with Crippen LogP contribution in [-0.4, -0.2) is 30.7 Å². The van der Waals surface area contributed by atoms with E-state index in [9.17, 15) is 4.79 Å². The lowest BCUT2D eigenvalue weighted by atomic mass is 10.1. The highest BCUT2D eigenvalue weighted by Crippen LogP contribution is 2.35. The van der Waals surface area contributed by atoms with Crippen molar-refractivity contribution in [3.63, 3.8) is 0 Å². The summed E-state index contributed by atoms with van der Waals surface area (Å²) >= 11 is 1.39. The fraction of sp³-hybridized carbons (Fsp3) is 0.200. The maximum absolute atomic E-state index is 12.7. The molecule has 0 bridgehead atoms. The number of ether oxygens (including phenoxy) is 3. The molecule has 0 unspecified atom stereocenters. The summed E-state index contributed by atoms with van der Waals surface area (Å²) in [6.07, 6.45) is 0.915. The second-order valence-electron chi connectivity index (χ2n) is 6.24. The summed E-state index contributed by atoms with van der Waals surface area (Å²) in [4.78, 5) is 17.2. The van der Waals surface area contributed by atoms with Crippen molar-refractivity contribution in [1.82, 2.24) is 4.98 Å². The van der Waals surface area contributed by atoms with E-state index in [1.54, 1.807) is 18.2 Å². The van der Waals surface area contributed by atoms with Gasteiger partial charge in [-0.25, -0.2) is 4.98 Å². The number of hydrogen-bond acceptors (Lipinski definition) is 6. The molecule has 136 valence electrons. The fourth-order valence-electron chi connectivity index (χ4n) is 3.23. The summed E-state index contributed by atoms with van der Waals surface area (Å²) in [7, 11) is 0. The van der Waals surface area contributed by atoms with Crippen molar-refractivity contribution in [2.24, 2.45) is 0 Å². The van der Waals surface area contributed by atoms with Gasteiger partial charge in [0, 0.05) is 17.4 Å². The molecule has 3 aromatic rings. The van der Waals surface area contributed by atoms with Gasteiger partial charge in [0.15, 0.2) is 16.6 Å². The van der Waals surface area contributed by atoms with Gasteiger partial charge in [0.2, 0.25) is 0 Å². The smallest absolute Gasteiger partial charge is 0.261 e. The highest BCUT2D eigenvalue weighted by Gasteiger charge is 2.21. The van der Waals surface area contributed by atoms with Crippen LogP contribution in [0.3, 0.4) is 0 Å². The number of thiazole rings is 1. The first kappa shape index (κ1) is 16.1. The van der Waals surface area contributed by atoms with E-state index < -0.39 is 0 Å². The summed E-state index contributed by atoms with van der Waals surface area (Å²) in [5, 5.41) is 5.34. The van der Waals surface area contributed by atoms with Crippen molar-refractivity contribution in [3.8, 4) is 28.5 Å². The van der Waals surface area contributed by atoms with Gasteiger partial charge in [0.05, 0.1) is 17.9 Å². The summed E-state index contributed by atoms with van der Waals surface area (Å²) in [5.41, 5.74) is 3.49. The van der Waals surface area contributed by atoms with E-state index in [0.29, 0.717) is 35.4 Å². The molecule has 2 aromatic carbocycles. The number of amides is 1. The molecule has 1 N–H and O–H groups in total. The molecule has 0 aliphatic carbocycles. The van der Waals surface area contributed by atoms with Gasteiger partial charge in [-0.1, -0.05) is 6.07 Å². The third-order valence-electron chi connectivity index (χ3n) is 4.52. The summed E-state index contributed by atoms with van der Waals surface area (Å²) in [6.45, 7) is 1.64. The van der Waals surface area contributed by atoms with E-state index in [1.165, 1.54) is 16.9 Å². The Morgan fingerprint density at radius 2 is 1.93 bits per heavy atom. The number of fused-ring (bicyclic) bond motifs is 2. The van der Waals surface area contributed by atoms with E-state index in [1.807, 2.05) is 17.5 Å². The zero-order valence-electron chi connectivity index (χ0n) is 14.4. The van der Waals surface area contributed by atoms with Crippen LogP contribution in [0.1, 0.15) is 15.9 Å². The molecule has 27 heavy (non-hydrogen) atoms. The average Bonchev–Trinajstić information content (AvgIpc) is 3.36. The number of hydrogen-bond donors (Lipinski definition) is 1. The van der Waals surface area contributed by atoms with Crippen LogP contribution in [0.25, 0.3) is 11.3 Å². The van der Waals surface area contributed by atoms with Crippen molar-refractivity contribution in [1.29, 1.82) is 0 Å². The first-order valence-electron chi connectivity index (χ1n) is 8.69. The lowest BCUT2D eigenvalue weighted by Gasteiger charge is -2.20. The molecule has 6 nitrogen and oxygen atoms in total. The van der Waals surface area contributed by atoms with E-state index in [2.05, 4.69) is 16.4 Å². The van der Waals surface area contributed by atoms with Crippen molar-refractivity contribution in [2.45, 2.75) is 6.42 Å². The van der Waals surface area contributed by atoms with E-state index in [0.717, 1.165) is 30.0 Å². The van der Waals surface area contributed by atoms with E-state index in [-0.39, 0.29) is 5.91 Å². The van der Waals surface area contributed by atoms with Gasteiger partial charge in [0.25, 0.3) is 5.91 Å². The Hall–Kier alpha value is -3.06. The van der Waals surface area contributed by atoms with Crippen molar-refractivity contribution in [3.05, 3.63) is 52.9 Å². The molecule has 0 atom stereocenters. The van der Waals surface area contributed by atoms with Crippen LogP contribution in [0.4, 0.5) is 5.13 Å². The van der Waals surface area contributed by atoms with Gasteiger partial charge in [-0.3, -0.25) is 10.1 Å². The van der Waals surface area contributed by atoms with Crippen molar-refractivity contribution >= 4 is 22.4 Å². The Bertz CT molecular complexity index is 1030. The topological polar surface area (TPSA) is 69.7 Å². The molecule has 1 aromatic heterocycles. The third-order valence-corrected chi connectivity index (χ3v) is 5.28. The molecule has 2 aliphatic heterocycles. The number of carbonyl (C=O) groups is 1. The average molecular weight is 380 g/mol. The first-order valence-corrected chi connectivity index (χ1v) is 9.57. The number of aromatic nitrogens is 1. The Morgan fingerprint density at radius 3 is 2.89 bits per heavy atom. The van der Waals surface area contributed by atoms with Gasteiger partial charge < -0.3 is 14.2 Å². The highest BCUT2D eigenvalue weighted by molar-refractivity contribution is 7.14. The van der Waals surface area contributed by atoms with Crippen LogP contribution in [-0.2, 0) is 6.42 Å². The second kappa shape index (κ2) is 6.59. The number of carbonyl (C=O) groups excluding carboxylic acids is 1. The number of nitrogens with zero attached hydrogens (tertiary/aromatic N) is 1. The van der Waals surface area contributed by atoms with Gasteiger partial charge in [-0.15, -0.1) is 11.3 Å². The summed E-state index contributed by atoms with van der Waals surface area (Å²) < 4.78 is 16.7. The minimum atomic E-state index is -0.263. The van der Waals surface area contributed by atoms with E-state index in [4.69, 9.17) is 14.2 Å². The number of anilines is 1. The van der Waals surface area contributed by atoms with Gasteiger partial charge in [-0.05, 0) is 35.9 Å². The minimum Gasteiger partial charge on any atom is -0.493 e. The van der Waals surface area contributed by atoms with Gasteiger partial charge in [0.1, 0.15) is 19.0 Å². The fourth-order valence-corrected chi connectivity index (χ4v) is 3.94. The van der Waals surface area contributed by atoms with E-state index >= 15 is 0 Å². The maximum Gasteiger partial charge on any atom is 0.261 e. The molecule has 3 heterocycles. The number of nitrogens with one attached hydrogen (secondary N) is 1. The van der Waals surface area contributed by atoms with Gasteiger partial charge >= 0.3 is 0 Å². The van der Waals surface area contributed by atoms with Crippen molar-refractivity contribution < 1.29 is 19.0 Å². The molecule has 5 rings (SSSR count). The molecule has 0 fully saturated rings. The lowest BCUT2D eigenvalue weighted by molar-refractivity contribution is 0.101. The molecule has 0 saturated carbocycles. The molecule has 2 aliphatic rings. The lowest BCUT2D eigenvalue weighted by Crippen LogP contribution is -2.20. The maximum atomic E-state index is 12.7. The monoisotopic (exact) mass is 380 g/mol. The zero-order chi connectivity index (χ0) is 18.2. The number of rotatable bonds is 3. The summed E-state index contributed by atoms with van der Waals surface area (Å²) in [6, 6.07) is 11.4. The van der Waals surface area contributed by atoms with Crippen LogP contribution in [0.5, 0.6) is 17.2 Å². The predicted molar refractivity (Wildman–Crippen MR) is 102 cm³/mol. The Balaban J connectivity index is 1.37. The molecule has 1 amide bonds. The molecule has 0 radical (unpaired) electrons. The molecular weight excluding hydrogens is 364 g/mol. The Labute approximate surface area is 159 Å². The second-order valence-corrected chi connectivity index (χ2v) is 7.10. The quantitative estimate of drug-likeness (QED) is 0.749. The minimum absolute atomic E-state index is 0.263. The molecule has 0 saturated heterocycles. The number of benzene rings is 2. The Kier molecular flexibility index (Phi) is 3.94. The predicted octanol–water partition coefficient (Wildman–Crippen LogP) is 3.77. The van der Waals surface area contributed by atoms with Crippen LogP contribution >= 0.6 is 11.3 Å². The van der Waals surface area contributed by atoms with Crippen LogP contribution in [0, 0.1) is 0 Å². The number of para-hydroxylation sites is 1. The zero-order valence-corrected chi connectivity index (χ0v) is 15.2. The standard InChI is InChI=1S/C20H16N2O4S/c23-19(14-2-1-3-17-18(14)26-9-8-25-17)22-20-21-15(11-27-20)12-4-5-16-13(10-12)6-7-24-16/h1-5,10-11H,6-9H2,(H,21,22,23). The largest absolute Gasteiger partial charge is 0.493 e. The highest BCUT2D eigenvalue weighted by atomic mass is 32.1. The van der Waals surface area contributed by atoms with Crippen molar-refractivity contribution in [2.75, 3.05) is 25.1 Å². The molecular formula is C20H16N2O4S. The normalized spacial score (nSPS) is 14.4. The SMILES string of the molecule is O=C(Nc1nc(-c2ccc3c(c2)CCO3)cs1)c1cccc2c1OCCO2. The van der Waals surface area contributed by atoms with Crippen LogP contribution in [0.2, 0.25) is 0 Å². The molecule has 7 heteroatoms. The Morgan fingerprint density at radius 1 is 1.04 bits per heavy atom. The third kappa shape index (κ3) is 3.00.